The minimum absolute atomic E-state index is 0.486. The molecular weight excluding hydrogens is 172 g/mol. The van der Waals surface area contributed by atoms with Crippen LogP contribution in [-0.4, -0.2) is 8.07 Å². The maximum Gasteiger partial charge on any atom is 0.0593 e. The highest BCUT2D eigenvalue weighted by atomic mass is 28.3. The SMILES string of the molecule is CC(C)(C)C[Si](C)(C)C1C=CC=C1. The lowest BCUT2D eigenvalue weighted by Crippen LogP contribution is -2.34. The van der Waals surface area contributed by atoms with Crippen LogP contribution in [0.3, 0.4) is 0 Å². The Bertz CT molecular complexity index is 216. The van der Waals surface area contributed by atoms with Crippen LogP contribution < -0.4 is 0 Å². The number of rotatable bonds is 2. The van der Waals surface area contributed by atoms with Crippen molar-refractivity contribution in [1.29, 1.82) is 0 Å². The molecule has 0 fully saturated rings. The van der Waals surface area contributed by atoms with E-state index in [-0.39, 0.29) is 0 Å². The van der Waals surface area contributed by atoms with E-state index in [0.29, 0.717) is 5.41 Å². The first-order valence-corrected chi connectivity index (χ1v) is 8.45. The van der Waals surface area contributed by atoms with Crippen LogP contribution in [0, 0.1) is 5.41 Å². The van der Waals surface area contributed by atoms with Gasteiger partial charge in [0.15, 0.2) is 0 Å². The summed E-state index contributed by atoms with van der Waals surface area (Å²) in [5.41, 5.74) is 1.26. The lowest BCUT2D eigenvalue weighted by Gasteiger charge is -2.34. The maximum absolute atomic E-state index is 2.50. The number of hydrogen-bond donors (Lipinski definition) is 0. The van der Waals surface area contributed by atoms with E-state index in [1.54, 1.807) is 0 Å². The molecule has 0 amide bonds. The van der Waals surface area contributed by atoms with E-state index < -0.39 is 8.07 Å². The Morgan fingerprint density at radius 2 is 1.54 bits per heavy atom. The molecule has 0 nitrogen and oxygen atoms in total. The molecule has 0 unspecified atom stereocenters. The average molecular weight is 194 g/mol. The van der Waals surface area contributed by atoms with E-state index in [2.05, 4.69) is 58.2 Å². The summed E-state index contributed by atoms with van der Waals surface area (Å²) >= 11 is 0. The van der Waals surface area contributed by atoms with Crippen molar-refractivity contribution in [3.05, 3.63) is 24.3 Å². The molecule has 0 saturated heterocycles. The van der Waals surface area contributed by atoms with Gasteiger partial charge in [-0.1, -0.05) is 64.2 Å². The van der Waals surface area contributed by atoms with Crippen molar-refractivity contribution >= 4 is 8.07 Å². The third kappa shape index (κ3) is 3.15. The fraction of sp³-hybridized carbons (Fsp3) is 0.667. The smallest absolute Gasteiger partial charge is 0.0593 e. The fourth-order valence-corrected chi connectivity index (χ4v) is 6.67. The molecule has 0 atom stereocenters. The molecule has 0 aromatic carbocycles. The van der Waals surface area contributed by atoms with Gasteiger partial charge in [0.2, 0.25) is 0 Å². The minimum Gasteiger partial charge on any atom is -0.0803 e. The summed E-state index contributed by atoms with van der Waals surface area (Å²) in [6, 6.07) is 1.40. The molecule has 0 aromatic heterocycles. The first kappa shape index (κ1) is 10.8. The van der Waals surface area contributed by atoms with Gasteiger partial charge in [-0.15, -0.1) is 0 Å². The van der Waals surface area contributed by atoms with Gasteiger partial charge in [0, 0.05) is 0 Å². The molecule has 0 radical (unpaired) electrons. The monoisotopic (exact) mass is 194 g/mol. The normalized spacial score (nSPS) is 18.5. The lowest BCUT2D eigenvalue weighted by molar-refractivity contribution is 0.460. The van der Waals surface area contributed by atoms with Crippen LogP contribution in [0.4, 0.5) is 0 Å². The molecule has 0 aromatic rings. The molecule has 0 bridgehead atoms. The fourth-order valence-electron chi connectivity index (χ4n) is 2.44. The Hall–Kier alpha value is -0.303. The van der Waals surface area contributed by atoms with Crippen molar-refractivity contribution in [2.24, 2.45) is 5.41 Å². The third-order valence-electron chi connectivity index (χ3n) is 2.64. The summed E-state index contributed by atoms with van der Waals surface area (Å²) in [6.07, 6.45) is 9.14. The highest BCUT2D eigenvalue weighted by Gasteiger charge is 2.33. The van der Waals surface area contributed by atoms with Crippen molar-refractivity contribution in [3.63, 3.8) is 0 Å². The van der Waals surface area contributed by atoms with E-state index >= 15 is 0 Å². The first-order valence-electron chi connectivity index (χ1n) is 5.16. The van der Waals surface area contributed by atoms with E-state index in [9.17, 15) is 0 Å². The van der Waals surface area contributed by atoms with Crippen molar-refractivity contribution in [2.45, 2.75) is 45.5 Å². The van der Waals surface area contributed by atoms with Gasteiger partial charge in [-0.3, -0.25) is 0 Å². The zero-order valence-corrected chi connectivity index (χ0v) is 10.6. The summed E-state index contributed by atoms with van der Waals surface area (Å²) in [5, 5.41) is 0. The minimum atomic E-state index is -1.08. The van der Waals surface area contributed by atoms with Crippen LogP contribution in [0.15, 0.2) is 24.3 Å². The molecule has 0 aliphatic heterocycles. The average Bonchev–Trinajstić information content (AvgIpc) is 2.29. The Kier molecular flexibility index (Phi) is 2.86. The zero-order chi connectivity index (χ0) is 10.1. The molecule has 1 aliphatic rings. The van der Waals surface area contributed by atoms with Crippen LogP contribution in [-0.2, 0) is 0 Å². The summed E-state index contributed by atoms with van der Waals surface area (Å²) in [7, 11) is -1.08. The van der Waals surface area contributed by atoms with E-state index in [4.69, 9.17) is 0 Å². The quantitative estimate of drug-likeness (QED) is 0.577. The van der Waals surface area contributed by atoms with Crippen molar-refractivity contribution in [2.75, 3.05) is 0 Å². The zero-order valence-electron chi connectivity index (χ0n) is 9.59. The van der Waals surface area contributed by atoms with Gasteiger partial charge in [0.1, 0.15) is 0 Å². The molecule has 0 saturated carbocycles. The second-order valence-electron chi connectivity index (χ2n) is 6.02. The van der Waals surface area contributed by atoms with Crippen molar-refractivity contribution in [3.8, 4) is 0 Å². The summed E-state index contributed by atoms with van der Waals surface area (Å²) in [4.78, 5) is 0. The lowest BCUT2D eigenvalue weighted by atomic mass is 10.0. The highest BCUT2D eigenvalue weighted by Crippen LogP contribution is 2.37. The van der Waals surface area contributed by atoms with Crippen LogP contribution in [0.25, 0.3) is 0 Å². The topological polar surface area (TPSA) is 0 Å². The van der Waals surface area contributed by atoms with Gasteiger partial charge in [-0.25, -0.2) is 0 Å². The standard InChI is InChI=1S/C12H22Si/c1-12(2,3)10-13(4,5)11-8-6-7-9-11/h6-9,11H,10H2,1-5H3. The van der Waals surface area contributed by atoms with E-state index in [1.165, 1.54) is 6.04 Å². The Morgan fingerprint density at radius 3 is 1.92 bits per heavy atom. The Balaban J connectivity index is 2.65. The van der Waals surface area contributed by atoms with Crippen molar-refractivity contribution in [1.82, 2.24) is 0 Å². The van der Waals surface area contributed by atoms with Crippen LogP contribution in [0.1, 0.15) is 20.8 Å². The first-order chi connectivity index (χ1) is 5.81. The summed E-state index contributed by atoms with van der Waals surface area (Å²) in [6.45, 7) is 12.1. The second-order valence-corrected chi connectivity index (χ2v) is 11.0. The molecular formula is C12H22Si. The highest BCUT2D eigenvalue weighted by molar-refractivity contribution is 6.79. The molecule has 1 rings (SSSR count). The van der Waals surface area contributed by atoms with E-state index in [1.807, 2.05) is 0 Å². The molecule has 1 heteroatoms. The number of hydrogen-bond acceptors (Lipinski definition) is 0. The molecule has 0 heterocycles. The largest absolute Gasteiger partial charge is 0.0803 e. The maximum atomic E-state index is 2.50. The van der Waals surface area contributed by atoms with Gasteiger partial charge >= 0.3 is 0 Å². The second kappa shape index (κ2) is 3.45. The van der Waals surface area contributed by atoms with E-state index in [0.717, 1.165) is 5.54 Å². The molecule has 74 valence electrons. The van der Waals surface area contributed by atoms with Gasteiger partial charge in [0.05, 0.1) is 8.07 Å². The summed E-state index contributed by atoms with van der Waals surface area (Å²) in [5.74, 6) is 0. The van der Waals surface area contributed by atoms with Gasteiger partial charge in [0.25, 0.3) is 0 Å². The Labute approximate surface area is 83.7 Å². The molecule has 0 N–H and O–H groups in total. The Morgan fingerprint density at radius 1 is 1.08 bits per heavy atom. The van der Waals surface area contributed by atoms with Gasteiger partial charge in [-0.2, -0.15) is 0 Å². The molecule has 13 heavy (non-hydrogen) atoms. The van der Waals surface area contributed by atoms with Crippen LogP contribution >= 0.6 is 0 Å². The predicted octanol–water partition coefficient (Wildman–Crippen LogP) is 4.24. The molecule has 0 spiro atoms. The van der Waals surface area contributed by atoms with Gasteiger partial charge < -0.3 is 0 Å². The third-order valence-corrected chi connectivity index (χ3v) is 6.80. The van der Waals surface area contributed by atoms with Gasteiger partial charge in [-0.05, 0) is 11.0 Å². The van der Waals surface area contributed by atoms with Crippen LogP contribution in [0.2, 0.25) is 24.7 Å². The summed E-state index contributed by atoms with van der Waals surface area (Å²) < 4.78 is 0. The predicted molar refractivity (Wildman–Crippen MR) is 63.8 cm³/mol. The van der Waals surface area contributed by atoms with Crippen LogP contribution in [0.5, 0.6) is 0 Å². The number of allylic oxidation sites excluding steroid dienone is 4. The van der Waals surface area contributed by atoms with Crippen molar-refractivity contribution < 1.29 is 0 Å². The molecule has 1 aliphatic carbocycles.